The van der Waals surface area contributed by atoms with E-state index in [0.29, 0.717) is 11.0 Å². The number of carbonyl (C=O) groups excluding carboxylic acids is 4. The van der Waals surface area contributed by atoms with E-state index in [4.69, 9.17) is 23.7 Å². The van der Waals surface area contributed by atoms with Crippen molar-refractivity contribution >= 4 is 30.0 Å². The fraction of sp³-hybridized carbons (Fsp3) is 0.333. The van der Waals surface area contributed by atoms with Crippen LogP contribution in [0.3, 0.4) is 0 Å². The second-order valence-electron chi connectivity index (χ2n) is 12.9. The van der Waals surface area contributed by atoms with Gasteiger partial charge in [-0.1, -0.05) is 93.6 Å². The lowest BCUT2D eigenvalue weighted by Gasteiger charge is -2.25. The van der Waals surface area contributed by atoms with Crippen molar-refractivity contribution in [1.29, 1.82) is 0 Å². The summed E-state index contributed by atoms with van der Waals surface area (Å²) in [7, 11) is 0. The Bertz CT molecular complexity index is 2060. The molecule has 4 aromatic rings. The lowest BCUT2D eigenvalue weighted by molar-refractivity contribution is -0.137. The molecule has 0 unspecified atom stereocenters. The molecule has 0 amide bonds. The number of hydrogen-bond donors (Lipinski definition) is 1. The van der Waals surface area contributed by atoms with E-state index in [1.165, 1.54) is 37.3 Å². The maximum atomic E-state index is 14.1. The molecular weight excluding hydrogens is 708 g/mol. The van der Waals surface area contributed by atoms with Gasteiger partial charge in [-0.3, -0.25) is 4.79 Å². The van der Waals surface area contributed by atoms with Crippen molar-refractivity contribution in [3.05, 3.63) is 146 Å². The molecule has 0 spiro atoms. The maximum Gasteiger partial charge on any atom is 0.338 e. The Balaban J connectivity index is 1.48. The maximum absolute atomic E-state index is 14.1. The minimum absolute atomic E-state index is 0.0790. The molecule has 2 heterocycles. The van der Waals surface area contributed by atoms with Crippen LogP contribution in [0.2, 0.25) is 0 Å². The average molecular weight is 753 g/mol. The van der Waals surface area contributed by atoms with Crippen molar-refractivity contribution in [2.75, 3.05) is 13.2 Å². The number of aromatic nitrogens is 2. The lowest BCUT2D eigenvalue weighted by atomic mass is 10.1. The van der Waals surface area contributed by atoms with Crippen molar-refractivity contribution in [3.8, 4) is 0 Å². The SMILES string of the molecule is CCCCCCCCOC(=O)/C=C/c1c(C)[nH]c(=O)n([C@H]2O[C@@H](COC(=O)c3ccccc3)[C@@H](OC(=O)c3ccccc3)[C@H]2OC(=O)c2ccccc2)c1=O. The van der Waals surface area contributed by atoms with Crippen LogP contribution in [0.25, 0.3) is 6.08 Å². The normalized spacial score (nSPS) is 17.8. The van der Waals surface area contributed by atoms with Crippen molar-refractivity contribution < 1.29 is 42.9 Å². The summed E-state index contributed by atoms with van der Waals surface area (Å²) in [6.07, 6.45) is 2.27. The summed E-state index contributed by atoms with van der Waals surface area (Å²) >= 11 is 0. The first kappa shape index (κ1) is 40.1. The number of nitrogens with one attached hydrogen (secondary N) is 1. The van der Waals surface area contributed by atoms with Gasteiger partial charge in [-0.05, 0) is 55.8 Å². The van der Waals surface area contributed by atoms with E-state index in [1.807, 2.05) is 0 Å². The van der Waals surface area contributed by atoms with Gasteiger partial charge >= 0.3 is 29.6 Å². The Morgan fingerprint density at radius 2 is 1.24 bits per heavy atom. The summed E-state index contributed by atoms with van der Waals surface area (Å²) in [4.78, 5) is 82.9. The minimum Gasteiger partial charge on any atom is -0.463 e. The number of hydrogen-bond acceptors (Lipinski definition) is 11. The third-order valence-corrected chi connectivity index (χ3v) is 8.93. The standard InChI is InChI=1S/C42H44N2O11/c1-3-4-5-6-7-17-26-51-34(45)25-24-32-28(2)43-42(50)44(37(32)46)38-36(55-41(49)31-22-15-10-16-23-31)35(54-40(48)30-20-13-9-14-21-30)33(53-38)27-52-39(47)29-18-11-8-12-19-29/h8-16,18-25,33,35-36,38H,3-7,17,26-27H2,1-2H3,(H,43,50)/b25-24+/t33-,35+,36+,38-/m0/s1. The summed E-state index contributed by atoms with van der Waals surface area (Å²) < 4.78 is 29.6. The first-order valence-electron chi connectivity index (χ1n) is 18.3. The van der Waals surface area contributed by atoms with E-state index in [-0.39, 0.29) is 34.6 Å². The molecule has 288 valence electrons. The smallest absolute Gasteiger partial charge is 0.338 e. The van der Waals surface area contributed by atoms with Crippen LogP contribution in [0.1, 0.15) is 94.0 Å². The molecule has 0 radical (unpaired) electrons. The van der Waals surface area contributed by atoms with E-state index in [9.17, 15) is 28.8 Å². The van der Waals surface area contributed by atoms with Crippen LogP contribution in [0.5, 0.6) is 0 Å². The molecule has 1 aromatic heterocycles. The molecule has 1 aliphatic heterocycles. The van der Waals surface area contributed by atoms with Crippen molar-refractivity contribution in [2.24, 2.45) is 0 Å². The predicted molar refractivity (Wildman–Crippen MR) is 201 cm³/mol. The Morgan fingerprint density at radius 3 is 1.82 bits per heavy atom. The monoisotopic (exact) mass is 752 g/mol. The number of nitrogens with zero attached hydrogens (tertiary/aromatic N) is 1. The average Bonchev–Trinajstić information content (AvgIpc) is 3.52. The van der Waals surface area contributed by atoms with Crippen molar-refractivity contribution in [3.63, 3.8) is 0 Å². The van der Waals surface area contributed by atoms with Crippen LogP contribution < -0.4 is 11.2 Å². The molecule has 4 atom stereocenters. The molecule has 0 aliphatic carbocycles. The van der Waals surface area contributed by atoms with Gasteiger partial charge in [0.25, 0.3) is 5.56 Å². The Labute approximate surface area is 317 Å². The molecule has 1 aliphatic rings. The van der Waals surface area contributed by atoms with E-state index in [2.05, 4.69) is 11.9 Å². The quantitative estimate of drug-likeness (QED) is 0.0584. The number of aryl methyl sites for hydroxylation is 1. The highest BCUT2D eigenvalue weighted by Gasteiger charge is 2.52. The second kappa shape index (κ2) is 19.8. The topological polar surface area (TPSA) is 169 Å². The number of ether oxygens (including phenoxy) is 5. The first-order valence-corrected chi connectivity index (χ1v) is 18.3. The number of aromatic amines is 1. The van der Waals surface area contributed by atoms with E-state index >= 15 is 0 Å². The summed E-state index contributed by atoms with van der Waals surface area (Å²) in [6, 6.07) is 24.0. The summed E-state index contributed by atoms with van der Waals surface area (Å²) in [6.45, 7) is 3.31. The summed E-state index contributed by atoms with van der Waals surface area (Å²) in [5.41, 5.74) is -1.27. The van der Waals surface area contributed by atoms with Gasteiger partial charge in [-0.25, -0.2) is 28.5 Å². The minimum atomic E-state index is -1.69. The van der Waals surface area contributed by atoms with Gasteiger partial charge in [0.15, 0.2) is 18.4 Å². The second-order valence-corrected chi connectivity index (χ2v) is 12.9. The Morgan fingerprint density at radius 1 is 0.709 bits per heavy atom. The zero-order chi connectivity index (χ0) is 39.2. The molecule has 1 fully saturated rings. The van der Waals surface area contributed by atoms with Crippen molar-refractivity contribution in [2.45, 2.75) is 76.9 Å². The molecule has 1 N–H and O–H groups in total. The van der Waals surface area contributed by atoms with Crippen molar-refractivity contribution in [1.82, 2.24) is 9.55 Å². The fourth-order valence-corrected chi connectivity index (χ4v) is 6.02. The van der Waals surface area contributed by atoms with Crippen LogP contribution in [-0.2, 0) is 28.5 Å². The van der Waals surface area contributed by atoms with Gasteiger partial charge in [-0.15, -0.1) is 0 Å². The predicted octanol–water partition coefficient (Wildman–Crippen LogP) is 5.97. The molecule has 3 aromatic carbocycles. The van der Waals surface area contributed by atoms with E-state index < -0.39 is 66.3 Å². The first-order chi connectivity index (χ1) is 26.7. The lowest BCUT2D eigenvalue weighted by Crippen LogP contribution is -2.46. The number of benzene rings is 3. The van der Waals surface area contributed by atoms with Crippen LogP contribution in [-0.4, -0.2) is 65.0 Å². The Hall–Kier alpha value is -6.08. The number of unbranched alkanes of at least 4 members (excludes halogenated alkanes) is 5. The molecule has 5 rings (SSSR count). The fourth-order valence-electron chi connectivity index (χ4n) is 6.02. The molecular formula is C42H44N2O11. The number of carbonyl (C=O) groups is 4. The van der Waals surface area contributed by atoms with Crippen LogP contribution in [0, 0.1) is 6.92 Å². The molecule has 1 saturated heterocycles. The Kier molecular flexibility index (Phi) is 14.5. The largest absolute Gasteiger partial charge is 0.463 e. The van der Waals surface area contributed by atoms with E-state index in [1.54, 1.807) is 66.7 Å². The third-order valence-electron chi connectivity index (χ3n) is 8.93. The molecule has 13 nitrogen and oxygen atoms in total. The van der Waals surface area contributed by atoms with Gasteiger partial charge < -0.3 is 28.7 Å². The zero-order valence-electron chi connectivity index (χ0n) is 30.7. The van der Waals surface area contributed by atoms with E-state index in [0.717, 1.165) is 38.2 Å². The van der Waals surface area contributed by atoms with Crippen LogP contribution in [0.4, 0.5) is 0 Å². The zero-order valence-corrected chi connectivity index (χ0v) is 30.7. The highest BCUT2D eigenvalue weighted by molar-refractivity contribution is 5.91. The highest BCUT2D eigenvalue weighted by atomic mass is 16.7. The summed E-state index contributed by atoms with van der Waals surface area (Å²) in [5.74, 6) is -3.10. The van der Waals surface area contributed by atoms with Gasteiger partial charge in [0.2, 0.25) is 0 Å². The summed E-state index contributed by atoms with van der Waals surface area (Å²) in [5, 5.41) is 0. The molecule has 55 heavy (non-hydrogen) atoms. The van der Waals surface area contributed by atoms with Crippen LogP contribution >= 0.6 is 0 Å². The third kappa shape index (κ3) is 10.8. The molecule has 0 bridgehead atoms. The van der Waals surface area contributed by atoms with Gasteiger partial charge in [0, 0.05) is 11.8 Å². The number of H-pyrrole nitrogens is 1. The number of rotatable bonds is 17. The van der Waals surface area contributed by atoms with Crippen LogP contribution in [0.15, 0.2) is 107 Å². The van der Waals surface area contributed by atoms with Gasteiger partial charge in [0.1, 0.15) is 12.7 Å². The molecule has 13 heteroatoms. The van der Waals surface area contributed by atoms with Gasteiger partial charge in [-0.2, -0.15) is 0 Å². The molecule has 0 saturated carbocycles. The highest BCUT2D eigenvalue weighted by Crippen LogP contribution is 2.34. The van der Waals surface area contributed by atoms with Gasteiger partial charge in [0.05, 0.1) is 28.9 Å². The number of esters is 4.